The lowest BCUT2D eigenvalue weighted by atomic mass is 9.82. The van der Waals surface area contributed by atoms with Gasteiger partial charge in [-0.25, -0.2) is 4.39 Å². The van der Waals surface area contributed by atoms with Crippen LogP contribution in [-0.2, 0) is 11.3 Å². The molecule has 1 heterocycles. The molecule has 19 heavy (non-hydrogen) atoms. The van der Waals surface area contributed by atoms with Gasteiger partial charge in [0.1, 0.15) is 5.82 Å². The number of ether oxygens (including phenoxy) is 1. The summed E-state index contributed by atoms with van der Waals surface area (Å²) in [7, 11) is 0. The first kappa shape index (κ1) is 14.0. The van der Waals surface area contributed by atoms with Crippen LogP contribution in [0.2, 0.25) is 0 Å². The highest BCUT2D eigenvalue weighted by Gasteiger charge is 2.26. The second kappa shape index (κ2) is 6.14. The van der Waals surface area contributed by atoms with Crippen LogP contribution < -0.4 is 5.32 Å². The maximum atomic E-state index is 13.7. The van der Waals surface area contributed by atoms with Gasteiger partial charge in [0, 0.05) is 31.9 Å². The molecule has 0 spiro atoms. The second-order valence-corrected chi connectivity index (χ2v) is 5.44. The van der Waals surface area contributed by atoms with Crippen molar-refractivity contribution in [2.24, 2.45) is 5.41 Å². The molecule has 0 radical (unpaired) electrons. The van der Waals surface area contributed by atoms with Crippen LogP contribution in [0.5, 0.6) is 0 Å². The average Bonchev–Trinajstić information content (AvgIpc) is 2.41. The number of rotatable bonds is 4. The van der Waals surface area contributed by atoms with E-state index in [0.717, 1.165) is 32.6 Å². The Bertz CT molecular complexity index is 476. The van der Waals surface area contributed by atoms with Gasteiger partial charge in [0.2, 0.25) is 0 Å². The van der Waals surface area contributed by atoms with E-state index in [1.165, 1.54) is 6.07 Å². The van der Waals surface area contributed by atoms with Crippen molar-refractivity contribution in [3.63, 3.8) is 0 Å². The molecule has 0 atom stereocenters. The molecule has 0 aliphatic carbocycles. The summed E-state index contributed by atoms with van der Waals surface area (Å²) in [6.07, 6.45) is 2.08. The fourth-order valence-corrected chi connectivity index (χ4v) is 2.30. The molecule has 1 N–H and O–H groups in total. The second-order valence-electron chi connectivity index (χ2n) is 5.44. The van der Waals surface area contributed by atoms with Crippen LogP contribution >= 0.6 is 0 Å². The summed E-state index contributed by atoms with van der Waals surface area (Å²) >= 11 is 0. The van der Waals surface area contributed by atoms with Crippen molar-refractivity contribution < 1.29 is 9.13 Å². The Morgan fingerprint density at radius 1 is 1.42 bits per heavy atom. The Balaban J connectivity index is 1.87. The average molecular weight is 262 g/mol. The standard InChI is InChI=1S/C15H19FN2O/c1-15(4-6-19-7-5-15)11-18-10-13-3-2-12(9-17)8-14(13)16/h2-3,8,18H,4-7,10-11H2,1H3. The summed E-state index contributed by atoms with van der Waals surface area (Å²) in [5.41, 5.74) is 1.20. The quantitative estimate of drug-likeness (QED) is 0.907. The third-order valence-electron chi connectivity index (χ3n) is 3.75. The summed E-state index contributed by atoms with van der Waals surface area (Å²) in [6, 6.07) is 6.54. The fourth-order valence-electron chi connectivity index (χ4n) is 2.30. The van der Waals surface area contributed by atoms with Crippen LogP contribution in [0.25, 0.3) is 0 Å². The Hall–Kier alpha value is -1.44. The van der Waals surface area contributed by atoms with Gasteiger partial charge in [-0.1, -0.05) is 13.0 Å². The van der Waals surface area contributed by atoms with Crippen molar-refractivity contribution in [1.82, 2.24) is 5.32 Å². The van der Waals surface area contributed by atoms with E-state index in [2.05, 4.69) is 12.2 Å². The first-order valence-electron chi connectivity index (χ1n) is 6.60. The van der Waals surface area contributed by atoms with Gasteiger partial charge in [-0.2, -0.15) is 5.26 Å². The molecule has 1 aromatic carbocycles. The lowest BCUT2D eigenvalue weighted by Gasteiger charge is -2.33. The minimum Gasteiger partial charge on any atom is -0.381 e. The van der Waals surface area contributed by atoms with Gasteiger partial charge in [0.25, 0.3) is 0 Å². The third kappa shape index (κ3) is 3.76. The maximum absolute atomic E-state index is 13.7. The Morgan fingerprint density at radius 2 is 2.16 bits per heavy atom. The molecule has 1 aliphatic rings. The van der Waals surface area contributed by atoms with E-state index < -0.39 is 0 Å². The minimum absolute atomic E-state index is 0.237. The molecule has 1 aliphatic heterocycles. The van der Waals surface area contributed by atoms with E-state index in [4.69, 9.17) is 10.00 Å². The molecular formula is C15H19FN2O. The molecule has 102 valence electrons. The number of hydrogen-bond donors (Lipinski definition) is 1. The normalized spacial score (nSPS) is 17.9. The highest BCUT2D eigenvalue weighted by molar-refractivity contribution is 5.32. The topological polar surface area (TPSA) is 45.0 Å². The molecule has 0 amide bonds. The number of nitrogens with zero attached hydrogens (tertiary/aromatic N) is 1. The molecule has 1 aromatic rings. The van der Waals surface area contributed by atoms with Crippen LogP contribution in [0, 0.1) is 22.6 Å². The van der Waals surface area contributed by atoms with Crippen LogP contribution in [0.4, 0.5) is 4.39 Å². The lowest BCUT2D eigenvalue weighted by Crippen LogP contribution is -2.36. The zero-order valence-corrected chi connectivity index (χ0v) is 11.2. The van der Waals surface area contributed by atoms with Gasteiger partial charge in [0.15, 0.2) is 0 Å². The first-order chi connectivity index (χ1) is 9.13. The van der Waals surface area contributed by atoms with Crippen molar-refractivity contribution in [2.75, 3.05) is 19.8 Å². The predicted octanol–water partition coefficient (Wildman–Crippen LogP) is 2.60. The van der Waals surface area contributed by atoms with Crippen LogP contribution in [0.3, 0.4) is 0 Å². The molecule has 4 heteroatoms. The number of nitriles is 1. The Morgan fingerprint density at radius 3 is 2.79 bits per heavy atom. The molecule has 1 saturated heterocycles. The number of nitrogens with one attached hydrogen (secondary N) is 1. The minimum atomic E-state index is -0.316. The Kier molecular flexibility index (Phi) is 4.52. The van der Waals surface area contributed by atoms with E-state index in [9.17, 15) is 4.39 Å². The van der Waals surface area contributed by atoms with E-state index in [1.54, 1.807) is 12.1 Å². The van der Waals surface area contributed by atoms with Gasteiger partial charge in [0.05, 0.1) is 11.6 Å². The van der Waals surface area contributed by atoms with Crippen LogP contribution in [0.1, 0.15) is 30.9 Å². The number of benzene rings is 1. The summed E-state index contributed by atoms with van der Waals surface area (Å²) < 4.78 is 19.0. The molecular weight excluding hydrogens is 243 g/mol. The molecule has 0 bridgehead atoms. The zero-order chi connectivity index (χ0) is 13.7. The largest absolute Gasteiger partial charge is 0.381 e. The van der Waals surface area contributed by atoms with Crippen molar-refractivity contribution >= 4 is 0 Å². The highest BCUT2D eigenvalue weighted by atomic mass is 19.1. The van der Waals surface area contributed by atoms with Crippen molar-refractivity contribution in [3.05, 3.63) is 35.1 Å². The van der Waals surface area contributed by atoms with Gasteiger partial charge in [-0.05, 0) is 30.4 Å². The van der Waals surface area contributed by atoms with Crippen molar-refractivity contribution in [3.8, 4) is 6.07 Å². The Labute approximate surface area is 113 Å². The monoisotopic (exact) mass is 262 g/mol. The van der Waals surface area contributed by atoms with E-state index in [0.29, 0.717) is 17.7 Å². The van der Waals surface area contributed by atoms with E-state index in [-0.39, 0.29) is 11.2 Å². The summed E-state index contributed by atoms with van der Waals surface area (Å²) in [4.78, 5) is 0. The molecule has 0 unspecified atom stereocenters. The van der Waals surface area contributed by atoms with Gasteiger partial charge in [-0.3, -0.25) is 0 Å². The van der Waals surface area contributed by atoms with E-state index >= 15 is 0 Å². The van der Waals surface area contributed by atoms with Gasteiger partial charge in [-0.15, -0.1) is 0 Å². The SMILES string of the molecule is CC1(CNCc2ccc(C#N)cc2F)CCOCC1. The molecule has 2 rings (SSSR count). The summed E-state index contributed by atoms with van der Waals surface area (Å²) in [5, 5.41) is 12.0. The van der Waals surface area contributed by atoms with Crippen LogP contribution in [-0.4, -0.2) is 19.8 Å². The molecule has 1 fully saturated rings. The summed E-state index contributed by atoms with van der Waals surface area (Å²) in [6.45, 7) is 5.20. The number of hydrogen-bond acceptors (Lipinski definition) is 3. The van der Waals surface area contributed by atoms with Crippen molar-refractivity contribution in [1.29, 1.82) is 5.26 Å². The molecule has 0 saturated carbocycles. The van der Waals surface area contributed by atoms with E-state index in [1.807, 2.05) is 6.07 Å². The first-order valence-corrected chi connectivity index (χ1v) is 6.60. The lowest BCUT2D eigenvalue weighted by molar-refractivity contribution is 0.0240. The maximum Gasteiger partial charge on any atom is 0.129 e. The van der Waals surface area contributed by atoms with Gasteiger partial charge < -0.3 is 10.1 Å². The third-order valence-corrected chi connectivity index (χ3v) is 3.75. The zero-order valence-electron chi connectivity index (χ0n) is 11.2. The molecule has 3 nitrogen and oxygen atoms in total. The number of halogens is 1. The summed E-state index contributed by atoms with van der Waals surface area (Å²) in [5.74, 6) is -0.316. The van der Waals surface area contributed by atoms with Gasteiger partial charge >= 0.3 is 0 Å². The molecule has 0 aromatic heterocycles. The fraction of sp³-hybridized carbons (Fsp3) is 0.533. The van der Waals surface area contributed by atoms with Crippen LogP contribution in [0.15, 0.2) is 18.2 Å². The smallest absolute Gasteiger partial charge is 0.129 e. The predicted molar refractivity (Wildman–Crippen MR) is 71.0 cm³/mol. The van der Waals surface area contributed by atoms with Crippen molar-refractivity contribution in [2.45, 2.75) is 26.3 Å². The highest BCUT2D eigenvalue weighted by Crippen LogP contribution is 2.28.